The minimum atomic E-state index is -0.721. The fourth-order valence-corrected chi connectivity index (χ4v) is 4.04. The topological polar surface area (TPSA) is 84.3 Å². The van der Waals surface area contributed by atoms with Gasteiger partial charge in [-0.25, -0.2) is 0 Å². The molecule has 0 saturated carbocycles. The van der Waals surface area contributed by atoms with Crippen molar-refractivity contribution in [3.63, 3.8) is 0 Å². The number of aromatic nitrogens is 1. The molecule has 0 aliphatic heterocycles. The third kappa shape index (κ3) is 10.3. The highest BCUT2D eigenvalue weighted by molar-refractivity contribution is 6.03. The van der Waals surface area contributed by atoms with Crippen LogP contribution < -0.4 is 16.2 Å². The molecule has 1 heterocycles. The number of rotatable bonds is 10. The maximum absolute atomic E-state index is 11.5. The van der Waals surface area contributed by atoms with Gasteiger partial charge < -0.3 is 19.9 Å². The fourth-order valence-electron chi connectivity index (χ4n) is 4.04. The lowest BCUT2D eigenvalue weighted by Gasteiger charge is -2.20. The lowest BCUT2D eigenvalue weighted by Crippen LogP contribution is -2.27. The molecule has 0 saturated heterocycles. The molecule has 1 amide bonds. The summed E-state index contributed by atoms with van der Waals surface area (Å²) < 4.78 is 7.49. The minimum absolute atomic E-state index is 0.0320. The molecule has 2 rings (SSSR count). The average molecular weight is 533 g/mol. The summed E-state index contributed by atoms with van der Waals surface area (Å²) in [4.78, 5) is 13.7. The Bertz CT molecular complexity index is 1310. The predicted molar refractivity (Wildman–Crippen MR) is 165 cm³/mol. The molecule has 1 aromatic heterocycles. The molecule has 0 aliphatic carbocycles. The second kappa shape index (κ2) is 15.1. The number of hydrogen-bond acceptors (Lipinski definition) is 4. The Morgan fingerprint density at radius 2 is 1.82 bits per heavy atom. The molecule has 1 aromatic carbocycles. The van der Waals surface area contributed by atoms with E-state index < -0.39 is 5.91 Å². The van der Waals surface area contributed by atoms with Gasteiger partial charge in [0.2, 0.25) is 0 Å². The van der Waals surface area contributed by atoms with Crippen LogP contribution in [0.5, 0.6) is 0 Å². The van der Waals surface area contributed by atoms with Gasteiger partial charge in [-0.2, -0.15) is 5.26 Å². The number of benzene rings is 1. The van der Waals surface area contributed by atoms with E-state index >= 15 is 0 Å². The van der Waals surface area contributed by atoms with Crippen LogP contribution in [0.2, 0.25) is 0 Å². The molecule has 0 aliphatic rings. The molecule has 6 nitrogen and oxygen atoms in total. The van der Waals surface area contributed by atoms with Gasteiger partial charge in [0.1, 0.15) is 11.6 Å². The zero-order valence-electron chi connectivity index (χ0n) is 25.5. The van der Waals surface area contributed by atoms with Crippen LogP contribution in [-0.2, 0) is 16.6 Å². The summed E-state index contributed by atoms with van der Waals surface area (Å²) in [5.74, 6) is 0.0310. The number of amides is 1. The number of carbonyl (C=O) groups is 1. The first-order valence-electron chi connectivity index (χ1n) is 13.6. The van der Waals surface area contributed by atoms with Gasteiger partial charge in [0, 0.05) is 43.8 Å². The van der Waals surface area contributed by atoms with Crippen molar-refractivity contribution in [1.29, 1.82) is 5.26 Å². The van der Waals surface area contributed by atoms with Crippen molar-refractivity contribution in [2.45, 2.75) is 67.4 Å². The van der Waals surface area contributed by atoms with Crippen molar-refractivity contribution in [3.8, 4) is 17.3 Å². The maximum atomic E-state index is 11.5. The quantitative estimate of drug-likeness (QED) is 0.329. The third-order valence-electron chi connectivity index (χ3n) is 6.40. The summed E-state index contributed by atoms with van der Waals surface area (Å²) in [6.07, 6.45) is 3.21. The number of primary amides is 1. The van der Waals surface area contributed by atoms with Gasteiger partial charge in [0.15, 0.2) is 0 Å². The van der Waals surface area contributed by atoms with E-state index in [4.69, 9.17) is 10.5 Å². The Morgan fingerprint density at radius 1 is 1.21 bits per heavy atom. The van der Waals surface area contributed by atoms with Gasteiger partial charge in [0.05, 0.1) is 5.60 Å². The smallest absolute Gasteiger partial charge is 0.259 e. The van der Waals surface area contributed by atoms with Gasteiger partial charge >= 0.3 is 0 Å². The first kappa shape index (κ1) is 33.5. The van der Waals surface area contributed by atoms with Gasteiger partial charge in [-0.3, -0.25) is 4.79 Å². The van der Waals surface area contributed by atoms with E-state index in [1.165, 1.54) is 0 Å². The highest BCUT2D eigenvalue weighted by atomic mass is 16.5. The van der Waals surface area contributed by atoms with E-state index in [9.17, 15) is 10.1 Å². The number of carbonyl (C=O) groups excluding carboxylic acids is 1. The number of nitriles is 1. The van der Waals surface area contributed by atoms with E-state index in [0.29, 0.717) is 5.57 Å². The van der Waals surface area contributed by atoms with E-state index in [1.807, 2.05) is 48.0 Å². The van der Waals surface area contributed by atoms with Crippen LogP contribution >= 0.6 is 0 Å². The Kier molecular flexibility index (Phi) is 13.0. The lowest BCUT2D eigenvalue weighted by molar-refractivity contribution is -0.114. The summed E-state index contributed by atoms with van der Waals surface area (Å²) in [6.45, 7) is 27.7. The zero-order valence-corrected chi connectivity index (χ0v) is 25.5. The van der Waals surface area contributed by atoms with Gasteiger partial charge in [-0.15, -0.1) is 0 Å². The number of allylic oxidation sites excluding steroid dienone is 2. The SMILES string of the molecule is C=C(/C=c1/ccc(-c2ccc(/C(C)=C(\C#N)C(N)=O)n2C)cc1=C)N(CC)CC.CC(C)CCOC(C)(C)C. The van der Waals surface area contributed by atoms with Crippen LogP contribution in [0.3, 0.4) is 0 Å². The molecule has 0 bridgehead atoms. The molecule has 2 aromatic rings. The summed E-state index contributed by atoms with van der Waals surface area (Å²) in [5.41, 5.74) is 9.58. The second-order valence-corrected chi connectivity index (χ2v) is 11.0. The van der Waals surface area contributed by atoms with Crippen molar-refractivity contribution >= 4 is 24.1 Å². The van der Waals surface area contributed by atoms with Gasteiger partial charge in [-0.05, 0) is 99.7 Å². The molecular weight excluding hydrogens is 484 g/mol. The molecule has 0 fully saturated rings. The van der Waals surface area contributed by atoms with Crippen LogP contribution in [0.4, 0.5) is 0 Å². The zero-order chi connectivity index (χ0) is 29.9. The largest absolute Gasteiger partial charge is 0.376 e. The fraction of sp³-hybridized carbons (Fsp3) is 0.455. The average Bonchev–Trinajstić information content (AvgIpc) is 3.22. The lowest BCUT2D eigenvalue weighted by atomic mass is 10.1. The highest BCUT2D eigenvalue weighted by Gasteiger charge is 2.15. The van der Waals surface area contributed by atoms with E-state index in [2.05, 4.69) is 72.6 Å². The first-order chi connectivity index (χ1) is 18.2. The Labute approximate surface area is 235 Å². The minimum Gasteiger partial charge on any atom is -0.376 e. The summed E-state index contributed by atoms with van der Waals surface area (Å²) in [6, 6.07) is 11.8. The van der Waals surface area contributed by atoms with Crippen LogP contribution in [0.25, 0.3) is 29.5 Å². The maximum Gasteiger partial charge on any atom is 0.259 e. The van der Waals surface area contributed by atoms with Gasteiger partial charge in [0.25, 0.3) is 5.91 Å². The summed E-state index contributed by atoms with van der Waals surface area (Å²) >= 11 is 0. The van der Waals surface area contributed by atoms with E-state index in [-0.39, 0.29) is 11.2 Å². The Morgan fingerprint density at radius 3 is 2.28 bits per heavy atom. The van der Waals surface area contributed by atoms with Crippen molar-refractivity contribution in [2.75, 3.05) is 19.7 Å². The molecule has 0 radical (unpaired) electrons. The van der Waals surface area contributed by atoms with Gasteiger partial charge in [-0.1, -0.05) is 39.1 Å². The predicted octanol–water partition coefficient (Wildman–Crippen LogP) is 5.37. The third-order valence-corrected chi connectivity index (χ3v) is 6.40. The number of hydrogen-bond donors (Lipinski definition) is 1. The monoisotopic (exact) mass is 532 g/mol. The first-order valence-corrected chi connectivity index (χ1v) is 13.6. The molecular formula is C33H48N4O2. The molecule has 6 heteroatoms. The Balaban J connectivity index is 0.000000646. The van der Waals surface area contributed by atoms with Crippen molar-refractivity contribution in [1.82, 2.24) is 9.47 Å². The standard InChI is InChI=1S/C24H28N4O.C9H20O/c1-7-28(8-2)17(4)14-19-9-10-20(13-16(19)3)23-12-11-22(27(23)6)18(5)21(15-25)24(26)29;1-8(2)6-7-10-9(3,4)5/h9-14H,3-4,7-8H2,1-2,5-6H3,(H2,26,29);8H,6-7H2,1-5H3/b19-14-,21-18+;. The molecule has 0 spiro atoms. The van der Waals surface area contributed by atoms with Crippen LogP contribution in [0.1, 0.15) is 67.5 Å². The van der Waals surface area contributed by atoms with Crippen molar-refractivity contribution < 1.29 is 9.53 Å². The highest BCUT2D eigenvalue weighted by Crippen LogP contribution is 2.26. The second-order valence-electron chi connectivity index (χ2n) is 11.0. The molecule has 39 heavy (non-hydrogen) atoms. The Hall–Kier alpha value is -3.56. The molecule has 0 atom stereocenters. The molecule has 0 unspecified atom stereocenters. The molecule has 212 valence electrons. The van der Waals surface area contributed by atoms with Crippen LogP contribution in [-0.4, -0.2) is 40.7 Å². The number of nitrogens with zero attached hydrogens (tertiary/aromatic N) is 3. The number of ether oxygens (including phenoxy) is 1. The summed E-state index contributed by atoms with van der Waals surface area (Å²) in [5, 5.41) is 11.1. The van der Waals surface area contributed by atoms with Crippen molar-refractivity contribution in [3.05, 3.63) is 64.3 Å². The van der Waals surface area contributed by atoms with Crippen molar-refractivity contribution in [2.24, 2.45) is 18.7 Å². The van der Waals surface area contributed by atoms with E-state index in [1.54, 1.807) is 6.92 Å². The number of nitrogens with two attached hydrogens (primary N) is 1. The summed E-state index contributed by atoms with van der Waals surface area (Å²) in [7, 11) is 1.90. The molecule has 2 N–H and O–H groups in total. The van der Waals surface area contributed by atoms with Crippen LogP contribution in [0.15, 0.2) is 48.2 Å². The van der Waals surface area contributed by atoms with Crippen LogP contribution in [0, 0.1) is 17.2 Å². The normalized spacial score (nSPS) is 12.4. The van der Waals surface area contributed by atoms with E-state index in [0.717, 1.165) is 65.1 Å².